The van der Waals surface area contributed by atoms with Gasteiger partial charge in [0.15, 0.2) is 0 Å². The minimum Gasteiger partial charge on any atom is -0.465 e. The third-order valence-corrected chi connectivity index (χ3v) is 7.36. The van der Waals surface area contributed by atoms with Crippen LogP contribution in [-0.4, -0.2) is 38.3 Å². The van der Waals surface area contributed by atoms with Crippen molar-refractivity contribution in [3.63, 3.8) is 0 Å². The molecule has 0 aliphatic carbocycles. The highest BCUT2D eigenvalue weighted by Crippen LogP contribution is 2.32. The highest BCUT2D eigenvalue weighted by molar-refractivity contribution is 8.47. The molecule has 0 radical (unpaired) electrons. The normalized spacial score (nSPS) is 11.6. The Bertz CT molecular complexity index is 400. The summed E-state index contributed by atoms with van der Waals surface area (Å²) in [5.41, 5.74) is 0. The molecule has 0 amide bonds. The van der Waals surface area contributed by atoms with Crippen LogP contribution in [0.1, 0.15) is 104 Å². The first-order chi connectivity index (χ1) is 13.4. The van der Waals surface area contributed by atoms with E-state index in [9.17, 15) is 4.79 Å². The van der Waals surface area contributed by atoms with Crippen molar-refractivity contribution >= 4 is 45.2 Å². The van der Waals surface area contributed by atoms with Crippen molar-refractivity contribution in [1.29, 1.82) is 0 Å². The summed E-state index contributed by atoms with van der Waals surface area (Å²) in [7, 11) is 0. The van der Waals surface area contributed by atoms with Crippen molar-refractivity contribution in [3.8, 4) is 0 Å². The molecule has 0 spiro atoms. The van der Waals surface area contributed by atoms with Gasteiger partial charge in [-0.3, -0.25) is 4.79 Å². The molecule has 3 nitrogen and oxygen atoms in total. The molecule has 0 aromatic rings. The summed E-state index contributed by atoms with van der Waals surface area (Å²) < 4.78 is 5.55. The molecule has 0 aliphatic rings. The van der Waals surface area contributed by atoms with Crippen molar-refractivity contribution in [3.05, 3.63) is 0 Å². The van der Waals surface area contributed by atoms with Gasteiger partial charge in [0.2, 0.25) is 0 Å². The molecule has 0 saturated carbocycles. The minimum absolute atomic E-state index is 0.194. The third-order valence-electron chi connectivity index (χ3n) is 4.58. The van der Waals surface area contributed by atoms with Crippen LogP contribution in [0.2, 0.25) is 0 Å². The highest BCUT2D eigenvalue weighted by atomic mass is 32.2. The van der Waals surface area contributed by atoms with Gasteiger partial charge in [0.05, 0.1) is 6.61 Å². The molecule has 0 atom stereocenters. The maximum absolute atomic E-state index is 12.2. The van der Waals surface area contributed by atoms with Crippen LogP contribution in [0.4, 0.5) is 0 Å². The Morgan fingerprint density at radius 3 is 2.00 bits per heavy atom. The molecule has 166 valence electrons. The van der Waals surface area contributed by atoms with Crippen LogP contribution in [0.5, 0.6) is 0 Å². The third kappa shape index (κ3) is 17.1. The standard InChI is InChI=1S/C22H42O3S3/c1-4-5-6-7-8-9-10-11-12-16-19-27-21(26)28-22(2,3)20(24)25-18-15-13-14-17-23/h23H,4-19H2,1-3H3. The van der Waals surface area contributed by atoms with E-state index < -0.39 is 4.75 Å². The zero-order valence-electron chi connectivity index (χ0n) is 18.3. The van der Waals surface area contributed by atoms with Gasteiger partial charge in [0, 0.05) is 6.61 Å². The Balaban J connectivity index is 3.66. The Labute approximate surface area is 187 Å². The van der Waals surface area contributed by atoms with Crippen LogP contribution in [0.25, 0.3) is 0 Å². The average Bonchev–Trinajstić information content (AvgIpc) is 2.65. The van der Waals surface area contributed by atoms with E-state index in [1.165, 1.54) is 76.0 Å². The molecule has 0 saturated heterocycles. The van der Waals surface area contributed by atoms with Crippen molar-refractivity contribution in [2.75, 3.05) is 19.0 Å². The number of unbranched alkanes of at least 4 members (excludes halogenated alkanes) is 11. The van der Waals surface area contributed by atoms with Gasteiger partial charge in [-0.1, -0.05) is 88.7 Å². The number of aliphatic hydroxyl groups is 1. The Kier molecular flexibility index (Phi) is 19.4. The van der Waals surface area contributed by atoms with Gasteiger partial charge in [-0.25, -0.2) is 0 Å². The van der Waals surface area contributed by atoms with E-state index in [0.717, 1.165) is 28.5 Å². The smallest absolute Gasteiger partial charge is 0.322 e. The summed E-state index contributed by atoms with van der Waals surface area (Å²) in [4.78, 5) is 12.2. The number of rotatable bonds is 18. The van der Waals surface area contributed by atoms with E-state index in [4.69, 9.17) is 22.1 Å². The SMILES string of the molecule is CCCCCCCCCCCCSC(=S)SC(C)(C)C(=O)OCCCCCO. The topological polar surface area (TPSA) is 46.5 Å². The summed E-state index contributed by atoms with van der Waals surface area (Å²) in [5, 5.41) is 8.75. The summed E-state index contributed by atoms with van der Waals surface area (Å²) >= 11 is 8.58. The lowest BCUT2D eigenvalue weighted by molar-refractivity contribution is -0.145. The maximum atomic E-state index is 12.2. The summed E-state index contributed by atoms with van der Waals surface area (Å²) in [6, 6.07) is 0. The first-order valence-electron chi connectivity index (χ1n) is 11.1. The second-order valence-electron chi connectivity index (χ2n) is 7.81. The van der Waals surface area contributed by atoms with E-state index in [1.807, 2.05) is 13.8 Å². The minimum atomic E-state index is -0.640. The number of ether oxygens (including phenoxy) is 1. The molecule has 6 heteroatoms. The van der Waals surface area contributed by atoms with Crippen molar-refractivity contribution in [2.45, 2.75) is 109 Å². The number of aliphatic hydroxyl groups excluding tert-OH is 1. The number of hydrogen-bond acceptors (Lipinski definition) is 6. The van der Waals surface area contributed by atoms with Crippen LogP contribution in [0, 0.1) is 0 Å². The second kappa shape index (κ2) is 19.2. The molecule has 0 unspecified atom stereocenters. The molecule has 1 N–H and O–H groups in total. The van der Waals surface area contributed by atoms with Gasteiger partial charge in [-0.2, -0.15) is 0 Å². The maximum Gasteiger partial charge on any atom is 0.322 e. The molecule has 0 aromatic carbocycles. The molecular weight excluding hydrogens is 408 g/mol. The lowest BCUT2D eigenvalue weighted by Crippen LogP contribution is -2.31. The van der Waals surface area contributed by atoms with Crippen molar-refractivity contribution in [1.82, 2.24) is 0 Å². The lowest BCUT2D eigenvalue weighted by atomic mass is 10.1. The highest BCUT2D eigenvalue weighted by Gasteiger charge is 2.31. The largest absolute Gasteiger partial charge is 0.465 e. The predicted molar refractivity (Wildman–Crippen MR) is 130 cm³/mol. The Morgan fingerprint density at radius 2 is 1.43 bits per heavy atom. The number of thioether (sulfide) groups is 2. The number of esters is 1. The van der Waals surface area contributed by atoms with E-state index in [2.05, 4.69) is 6.92 Å². The first kappa shape index (κ1) is 28.2. The summed E-state index contributed by atoms with van der Waals surface area (Å²) in [5.74, 6) is 0.831. The molecule has 0 aromatic heterocycles. The molecule has 0 aliphatic heterocycles. The summed E-state index contributed by atoms with van der Waals surface area (Å²) in [6.45, 7) is 6.63. The molecule has 0 bridgehead atoms. The fourth-order valence-corrected chi connectivity index (χ4v) is 5.81. The van der Waals surface area contributed by atoms with Crippen LogP contribution in [0.15, 0.2) is 0 Å². The van der Waals surface area contributed by atoms with Gasteiger partial charge in [-0.15, -0.1) is 11.8 Å². The van der Waals surface area contributed by atoms with Crippen LogP contribution < -0.4 is 0 Å². The number of carbonyl (C=O) groups excluding carboxylic acids is 1. The number of hydrogen-bond donors (Lipinski definition) is 1. The van der Waals surface area contributed by atoms with Crippen molar-refractivity contribution < 1.29 is 14.6 Å². The Morgan fingerprint density at radius 1 is 0.893 bits per heavy atom. The van der Waals surface area contributed by atoms with E-state index in [1.54, 1.807) is 11.8 Å². The van der Waals surface area contributed by atoms with Gasteiger partial charge in [-0.05, 0) is 45.3 Å². The van der Waals surface area contributed by atoms with E-state index >= 15 is 0 Å². The van der Waals surface area contributed by atoms with E-state index in [-0.39, 0.29) is 12.6 Å². The van der Waals surface area contributed by atoms with Crippen LogP contribution in [0.3, 0.4) is 0 Å². The molecule has 28 heavy (non-hydrogen) atoms. The lowest BCUT2D eigenvalue weighted by Gasteiger charge is -2.22. The predicted octanol–water partition coefficient (Wildman–Crippen LogP) is 7.14. The van der Waals surface area contributed by atoms with Gasteiger partial charge >= 0.3 is 5.97 Å². The van der Waals surface area contributed by atoms with Gasteiger partial charge in [0.1, 0.15) is 8.28 Å². The monoisotopic (exact) mass is 450 g/mol. The average molecular weight is 451 g/mol. The summed E-state index contributed by atoms with van der Waals surface area (Å²) in [6.07, 6.45) is 15.8. The Hall–Kier alpha value is 0.220. The first-order valence-corrected chi connectivity index (χ1v) is 13.3. The molecular formula is C22H42O3S3. The van der Waals surface area contributed by atoms with Crippen LogP contribution in [-0.2, 0) is 9.53 Å². The molecule has 0 heterocycles. The number of thiocarbonyl (C=S) groups is 1. The zero-order chi connectivity index (χ0) is 21.1. The molecule has 0 rings (SSSR count). The zero-order valence-corrected chi connectivity index (χ0v) is 20.8. The fourth-order valence-electron chi connectivity index (χ4n) is 2.75. The second-order valence-corrected chi connectivity index (χ2v) is 11.7. The van der Waals surface area contributed by atoms with Gasteiger partial charge in [0.25, 0.3) is 0 Å². The van der Waals surface area contributed by atoms with E-state index in [0.29, 0.717) is 6.61 Å². The van der Waals surface area contributed by atoms with Crippen molar-refractivity contribution in [2.24, 2.45) is 0 Å². The quantitative estimate of drug-likeness (QED) is 0.136. The molecule has 0 fully saturated rings. The van der Waals surface area contributed by atoms with Crippen LogP contribution >= 0.6 is 35.7 Å². The number of carbonyl (C=O) groups is 1. The van der Waals surface area contributed by atoms with Gasteiger partial charge < -0.3 is 9.84 Å². The fraction of sp³-hybridized carbons (Fsp3) is 0.909.